The van der Waals surface area contributed by atoms with Crippen molar-refractivity contribution < 1.29 is 32.2 Å². The molecule has 158 valence electrons. The number of carbonyl (C=O) groups excluding carboxylic acids is 2. The number of carbonyl (C=O) groups is 2. The lowest BCUT2D eigenvalue weighted by Gasteiger charge is -2.33. The van der Waals surface area contributed by atoms with E-state index in [1.54, 1.807) is 0 Å². The number of methoxy groups -OCH3 is 1. The van der Waals surface area contributed by atoms with Gasteiger partial charge in [0.25, 0.3) is 5.60 Å². The Morgan fingerprint density at radius 3 is 2.11 bits per heavy atom. The Balaban J connectivity index is 3.16. The number of alkyl halides is 3. The Bertz CT molecular complexity index is 616. The van der Waals surface area contributed by atoms with Gasteiger partial charge in [0, 0.05) is 19.1 Å². The molecule has 1 aromatic rings. The zero-order chi connectivity index (χ0) is 21.2. The number of benzene rings is 1. The van der Waals surface area contributed by atoms with Crippen molar-refractivity contribution in [2.45, 2.75) is 76.7 Å². The third-order valence-electron chi connectivity index (χ3n) is 4.63. The fraction of sp³-hybridized carbons (Fsp3) is 0.619. The molecule has 0 bridgehead atoms. The fourth-order valence-electron chi connectivity index (χ4n) is 2.98. The van der Waals surface area contributed by atoms with Crippen molar-refractivity contribution in [1.29, 1.82) is 0 Å². The molecule has 0 heterocycles. The van der Waals surface area contributed by atoms with E-state index in [0.717, 1.165) is 38.5 Å². The first-order valence-electron chi connectivity index (χ1n) is 9.65. The topological polar surface area (TPSA) is 52.6 Å². The van der Waals surface area contributed by atoms with Crippen molar-refractivity contribution in [2.75, 3.05) is 7.11 Å². The standard InChI is InChI=1S/C21H29F3O4/c1-4-6-9-14-17(25)18(15-7-5-2)28-19(26)20(27-3,21(22,23)24)16-12-10-8-11-13-16/h8,10-13,18H,4-7,9,14-15H2,1-3H3/t18-,20?/m1/s1. The minimum atomic E-state index is -5.05. The molecule has 0 saturated heterocycles. The van der Waals surface area contributed by atoms with E-state index < -0.39 is 23.9 Å². The molecule has 1 rings (SSSR count). The van der Waals surface area contributed by atoms with Crippen molar-refractivity contribution in [3.63, 3.8) is 0 Å². The van der Waals surface area contributed by atoms with E-state index in [2.05, 4.69) is 0 Å². The molecule has 4 nitrogen and oxygen atoms in total. The molecule has 0 saturated carbocycles. The quantitative estimate of drug-likeness (QED) is 0.350. The Morgan fingerprint density at radius 1 is 1.00 bits per heavy atom. The predicted octanol–water partition coefficient (Wildman–Crippen LogP) is 5.34. The van der Waals surface area contributed by atoms with Crippen molar-refractivity contribution >= 4 is 11.8 Å². The lowest BCUT2D eigenvalue weighted by Crippen LogP contribution is -2.53. The van der Waals surface area contributed by atoms with E-state index in [1.165, 1.54) is 18.2 Å². The SMILES string of the molecule is CCCCCC(=O)[C@@H](CCCC)OC(=O)C(OC)(c1ccccc1)C(F)(F)F. The molecule has 1 aromatic carbocycles. The van der Waals surface area contributed by atoms with E-state index in [1.807, 2.05) is 13.8 Å². The van der Waals surface area contributed by atoms with Gasteiger partial charge in [0.2, 0.25) is 0 Å². The van der Waals surface area contributed by atoms with Crippen LogP contribution in [0.3, 0.4) is 0 Å². The van der Waals surface area contributed by atoms with E-state index in [0.29, 0.717) is 12.8 Å². The van der Waals surface area contributed by atoms with Gasteiger partial charge < -0.3 is 9.47 Å². The number of ether oxygens (including phenoxy) is 2. The molecule has 0 N–H and O–H groups in total. The van der Waals surface area contributed by atoms with Gasteiger partial charge in [-0.1, -0.05) is 63.4 Å². The van der Waals surface area contributed by atoms with Gasteiger partial charge in [0.1, 0.15) is 0 Å². The van der Waals surface area contributed by atoms with Crippen LogP contribution < -0.4 is 0 Å². The number of Topliss-reactive ketones (excluding diaryl/α,β-unsaturated/α-hetero) is 1. The zero-order valence-electron chi connectivity index (χ0n) is 16.7. The summed E-state index contributed by atoms with van der Waals surface area (Å²) in [7, 11) is 0.811. The van der Waals surface area contributed by atoms with Crippen molar-refractivity contribution in [3.05, 3.63) is 35.9 Å². The Labute approximate surface area is 164 Å². The summed E-state index contributed by atoms with van der Waals surface area (Å²) >= 11 is 0. The van der Waals surface area contributed by atoms with Crippen LogP contribution in [0.4, 0.5) is 13.2 Å². The summed E-state index contributed by atoms with van der Waals surface area (Å²) in [5, 5.41) is 0. The van der Waals surface area contributed by atoms with Crippen LogP contribution in [0.5, 0.6) is 0 Å². The molecule has 0 aliphatic carbocycles. The van der Waals surface area contributed by atoms with Gasteiger partial charge in [-0.25, -0.2) is 4.79 Å². The van der Waals surface area contributed by atoms with E-state index in [4.69, 9.17) is 9.47 Å². The highest BCUT2D eigenvalue weighted by Crippen LogP contribution is 2.43. The van der Waals surface area contributed by atoms with Gasteiger partial charge in [-0.15, -0.1) is 0 Å². The number of ketones is 1. The maximum Gasteiger partial charge on any atom is 0.432 e. The molecule has 1 unspecified atom stereocenters. The molecular weight excluding hydrogens is 373 g/mol. The number of rotatable bonds is 12. The first-order valence-corrected chi connectivity index (χ1v) is 9.65. The monoisotopic (exact) mass is 402 g/mol. The molecular formula is C21H29F3O4. The van der Waals surface area contributed by atoms with E-state index in [-0.39, 0.29) is 24.2 Å². The molecule has 28 heavy (non-hydrogen) atoms. The number of hydrogen-bond acceptors (Lipinski definition) is 4. The van der Waals surface area contributed by atoms with Crippen LogP contribution in [0.15, 0.2) is 30.3 Å². The summed E-state index contributed by atoms with van der Waals surface area (Å²) in [5.41, 5.74) is -3.66. The molecule has 2 atom stereocenters. The van der Waals surface area contributed by atoms with Gasteiger partial charge in [0.05, 0.1) is 0 Å². The normalized spacial score (nSPS) is 14.9. The van der Waals surface area contributed by atoms with Gasteiger partial charge >= 0.3 is 12.1 Å². The summed E-state index contributed by atoms with van der Waals surface area (Å²) in [6.45, 7) is 3.87. The second-order valence-corrected chi connectivity index (χ2v) is 6.71. The highest BCUT2D eigenvalue weighted by molar-refractivity contribution is 5.88. The van der Waals surface area contributed by atoms with Gasteiger partial charge in [-0.2, -0.15) is 13.2 Å². The maximum absolute atomic E-state index is 14.0. The van der Waals surface area contributed by atoms with Crippen LogP contribution in [0.25, 0.3) is 0 Å². The van der Waals surface area contributed by atoms with Crippen LogP contribution >= 0.6 is 0 Å². The lowest BCUT2D eigenvalue weighted by molar-refractivity contribution is -0.278. The third kappa shape index (κ3) is 5.80. The average Bonchev–Trinajstić information content (AvgIpc) is 2.66. The Kier molecular flexibility index (Phi) is 9.65. The number of esters is 1. The van der Waals surface area contributed by atoms with Crippen LogP contribution in [-0.2, 0) is 24.7 Å². The molecule has 7 heteroatoms. The van der Waals surface area contributed by atoms with Crippen LogP contribution in [0, 0.1) is 0 Å². The van der Waals surface area contributed by atoms with Gasteiger partial charge in [0.15, 0.2) is 11.9 Å². The predicted molar refractivity (Wildman–Crippen MR) is 99.7 cm³/mol. The lowest BCUT2D eigenvalue weighted by atomic mass is 9.92. The number of unbranched alkanes of at least 4 members (excludes halogenated alkanes) is 3. The minimum Gasteiger partial charge on any atom is -0.452 e. The molecule has 0 aromatic heterocycles. The highest BCUT2D eigenvalue weighted by Gasteiger charge is 2.64. The molecule has 0 spiro atoms. The molecule has 0 aliphatic rings. The first-order chi connectivity index (χ1) is 13.2. The zero-order valence-corrected chi connectivity index (χ0v) is 16.7. The maximum atomic E-state index is 14.0. The summed E-state index contributed by atoms with van der Waals surface area (Å²) in [4.78, 5) is 25.2. The van der Waals surface area contributed by atoms with Crippen molar-refractivity contribution in [1.82, 2.24) is 0 Å². The first kappa shape index (κ1) is 24.1. The summed E-state index contributed by atoms with van der Waals surface area (Å²) in [6.07, 6.45) is -2.25. The van der Waals surface area contributed by atoms with E-state index in [9.17, 15) is 22.8 Å². The molecule has 0 aliphatic heterocycles. The smallest absolute Gasteiger partial charge is 0.432 e. The van der Waals surface area contributed by atoms with E-state index >= 15 is 0 Å². The molecule has 0 radical (unpaired) electrons. The second-order valence-electron chi connectivity index (χ2n) is 6.71. The largest absolute Gasteiger partial charge is 0.452 e. The highest BCUT2D eigenvalue weighted by atomic mass is 19.4. The minimum absolute atomic E-state index is 0.173. The summed E-state index contributed by atoms with van der Waals surface area (Å²) in [6, 6.07) is 6.61. The molecule has 0 fully saturated rings. The van der Waals surface area contributed by atoms with Crippen molar-refractivity contribution in [3.8, 4) is 0 Å². The summed E-state index contributed by atoms with van der Waals surface area (Å²) in [5.74, 6) is -1.96. The number of halogens is 3. The molecule has 0 amide bonds. The van der Waals surface area contributed by atoms with Gasteiger partial charge in [-0.05, 0) is 19.3 Å². The second kappa shape index (κ2) is 11.2. The van der Waals surface area contributed by atoms with Crippen LogP contribution in [0.2, 0.25) is 0 Å². The van der Waals surface area contributed by atoms with Crippen LogP contribution in [0.1, 0.15) is 64.4 Å². The Hall–Kier alpha value is -1.89. The number of hydrogen-bond donors (Lipinski definition) is 0. The Morgan fingerprint density at radius 2 is 1.61 bits per heavy atom. The fourth-order valence-corrected chi connectivity index (χ4v) is 2.98. The van der Waals surface area contributed by atoms with Crippen LogP contribution in [-0.4, -0.2) is 31.1 Å². The third-order valence-corrected chi connectivity index (χ3v) is 4.63. The summed E-state index contributed by atoms with van der Waals surface area (Å²) < 4.78 is 51.7. The average molecular weight is 402 g/mol. The van der Waals surface area contributed by atoms with Crippen molar-refractivity contribution in [2.24, 2.45) is 0 Å². The van der Waals surface area contributed by atoms with Gasteiger partial charge in [-0.3, -0.25) is 4.79 Å².